The molecule has 1 N–H and O–H groups in total. The van der Waals surface area contributed by atoms with Gasteiger partial charge in [0.05, 0.1) is 6.20 Å². The minimum absolute atomic E-state index is 0.623. The van der Waals surface area contributed by atoms with E-state index in [0.29, 0.717) is 5.92 Å². The number of hydrogen-bond donors (Lipinski definition) is 1. The molecule has 0 spiro atoms. The largest absolute Gasteiger partial charge is 0.445 e. The van der Waals surface area contributed by atoms with Gasteiger partial charge >= 0.3 is 0 Å². The molecule has 0 radical (unpaired) electrons. The van der Waals surface area contributed by atoms with Crippen LogP contribution in [0.4, 0.5) is 0 Å². The maximum Gasteiger partial charge on any atom is 0.195 e. The van der Waals surface area contributed by atoms with E-state index >= 15 is 0 Å². The number of aromatic nitrogens is 1. The second-order valence-electron chi connectivity index (χ2n) is 4.95. The van der Waals surface area contributed by atoms with Gasteiger partial charge in [-0.3, -0.25) is 0 Å². The van der Waals surface area contributed by atoms with Gasteiger partial charge in [-0.1, -0.05) is 32.6 Å². The van der Waals surface area contributed by atoms with Gasteiger partial charge in [0, 0.05) is 18.9 Å². The van der Waals surface area contributed by atoms with E-state index in [-0.39, 0.29) is 0 Å². The predicted molar refractivity (Wildman–Crippen MR) is 69.2 cm³/mol. The zero-order chi connectivity index (χ0) is 11.9. The average Bonchev–Trinajstić information content (AvgIpc) is 2.64. The van der Waals surface area contributed by atoms with Gasteiger partial charge in [-0.15, -0.1) is 0 Å². The fourth-order valence-electron chi connectivity index (χ4n) is 2.56. The Kier molecular flexibility index (Phi) is 5.05. The van der Waals surface area contributed by atoms with Crippen LogP contribution in [0.3, 0.4) is 0 Å². The monoisotopic (exact) mass is 236 g/mol. The molecule has 0 amide bonds. The van der Waals surface area contributed by atoms with Gasteiger partial charge in [-0.05, 0) is 19.4 Å². The number of hydrogen-bond acceptors (Lipinski definition) is 3. The molecule has 0 bridgehead atoms. The van der Waals surface area contributed by atoms with E-state index in [1.54, 1.807) is 0 Å². The SMILES string of the molecule is CCNCCc1ncc(C2CCCCCC2)o1. The second kappa shape index (κ2) is 6.80. The Morgan fingerprint density at radius 1 is 1.29 bits per heavy atom. The lowest BCUT2D eigenvalue weighted by molar-refractivity contribution is 0.401. The third-order valence-electron chi connectivity index (χ3n) is 3.59. The molecule has 1 saturated carbocycles. The molecule has 96 valence electrons. The molecule has 1 aliphatic carbocycles. The summed E-state index contributed by atoms with van der Waals surface area (Å²) < 4.78 is 5.87. The molecule has 3 nitrogen and oxygen atoms in total. The summed E-state index contributed by atoms with van der Waals surface area (Å²) in [6.45, 7) is 4.09. The van der Waals surface area contributed by atoms with Gasteiger partial charge in [-0.2, -0.15) is 0 Å². The highest BCUT2D eigenvalue weighted by atomic mass is 16.4. The van der Waals surface area contributed by atoms with Crippen molar-refractivity contribution in [1.82, 2.24) is 10.3 Å². The van der Waals surface area contributed by atoms with Gasteiger partial charge in [-0.25, -0.2) is 4.98 Å². The molecular formula is C14H24N2O. The highest BCUT2D eigenvalue weighted by Crippen LogP contribution is 2.31. The van der Waals surface area contributed by atoms with Crippen molar-refractivity contribution < 1.29 is 4.42 Å². The normalized spacial score (nSPS) is 18.2. The first kappa shape index (κ1) is 12.6. The summed E-state index contributed by atoms with van der Waals surface area (Å²) in [5.74, 6) is 2.64. The van der Waals surface area contributed by atoms with E-state index in [2.05, 4.69) is 17.2 Å². The second-order valence-corrected chi connectivity index (χ2v) is 4.95. The van der Waals surface area contributed by atoms with Crippen LogP contribution in [0.1, 0.15) is 63.0 Å². The van der Waals surface area contributed by atoms with Crippen molar-refractivity contribution >= 4 is 0 Å². The van der Waals surface area contributed by atoms with E-state index in [9.17, 15) is 0 Å². The summed E-state index contributed by atoms with van der Waals surface area (Å²) in [6, 6.07) is 0. The molecule has 1 heterocycles. The lowest BCUT2D eigenvalue weighted by atomic mass is 9.98. The quantitative estimate of drug-likeness (QED) is 0.630. The maximum absolute atomic E-state index is 5.87. The van der Waals surface area contributed by atoms with Crippen LogP contribution in [-0.4, -0.2) is 18.1 Å². The Morgan fingerprint density at radius 2 is 2.06 bits per heavy atom. The van der Waals surface area contributed by atoms with Gasteiger partial charge in [0.2, 0.25) is 0 Å². The van der Waals surface area contributed by atoms with Crippen molar-refractivity contribution in [2.75, 3.05) is 13.1 Å². The predicted octanol–water partition coefficient (Wildman–Crippen LogP) is 3.26. The lowest BCUT2D eigenvalue weighted by Crippen LogP contribution is -2.16. The first-order valence-electron chi connectivity index (χ1n) is 7.05. The van der Waals surface area contributed by atoms with Crippen LogP contribution in [0.15, 0.2) is 10.6 Å². The van der Waals surface area contributed by atoms with Crippen molar-refractivity contribution in [2.45, 2.75) is 57.8 Å². The molecule has 0 unspecified atom stereocenters. The molecule has 1 aromatic heterocycles. The van der Waals surface area contributed by atoms with E-state index in [1.807, 2.05) is 6.20 Å². The molecule has 17 heavy (non-hydrogen) atoms. The zero-order valence-corrected chi connectivity index (χ0v) is 10.9. The van der Waals surface area contributed by atoms with Crippen LogP contribution in [-0.2, 0) is 6.42 Å². The number of rotatable bonds is 5. The Bertz CT molecular complexity index is 314. The summed E-state index contributed by atoms with van der Waals surface area (Å²) in [6.07, 6.45) is 10.9. The Balaban J connectivity index is 1.87. The van der Waals surface area contributed by atoms with Crippen molar-refractivity contribution in [2.24, 2.45) is 0 Å². The molecule has 3 heteroatoms. The third-order valence-corrected chi connectivity index (χ3v) is 3.59. The molecular weight excluding hydrogens is 212 g/mol. The summed E-state index contributed by atoms with van der Waals surface area (Å²) in [7, 11) is 0. The van der Waals surface area contributed by atoms with Crippen LogP contribution in [0, 0.1) is 0 Å². The van der Waals surface area contributed by atoms with E-state index in [4.69, 9.17) is 4.42 Å². The van der Waals surface area contributed by atoms with E-state index < -0.39 is 0 Å². The summed E-state index contributed by atoms with van der Waals surface area (Å²) in [5.41, 5.74) is 0. The molecule has 0 saturated heterocycles. The van der Waals surface area contributed by atoms with Gasteiger partial charge in [0.1, 0.15) is 5.76 Å². The van der Waals surface area contributed by atoms with Crippen LogP contribution >= 0.6 is 0 Å². The Morgan fingerprint density at radius 3 is 2.76 bits per heavy atom. The first-order valence-corrected chi connectivity index (χ1v) is 7.05. The minimum Gasteiger partial charge on any atom is -0.445 e. The standard InChI is InChI=1S/C14H24N2O/c1-2-15-10-9-14-16-11-13(17-14)12-7-5-3-4-6-8-12/h11-12,15H,2-10H2,1H3. The van der Waals surface area contributed by atoms with Crippen LogP contribution in [0.25, 0.3) is 0 Å². The van der Waals surface area contributed by atoms with Crippen molar-refractivity contribution in [3.05, 3.63) is 17.8 Å². The highest BCUT2D eigenvalue weighted by molar-refractivity contribution is 5.02. The fraction of sp³-hybridized carbons (Fsp3) is 0.786. The van der Waals surface area contributed by atoms with Crippen LogP contribution in [0.2, 0.25) is 0 Å². The maximum atomic E-state index is 5.87. The van der Waals surface area contributed by atoms with Crippen LogP contribution < -0.4 is 5.32 Å². The fourth-order valence-corrected chi connectivity index (χ4v) is 2.56. The van der Waals surface area contributed by atoms with Gasteiger partial charge in [0.15, 0.2) is 5.89 Å². The first-order chi connectivity index (χ1) is 8.40. The third kappa shape index (κ3) is 3.84. The van der Waals surface area contributed by atoms with E-state index in [0.717, 1.165) is 31.2 Å². The summed E-state index contributed by atoms with van der Waals surface area (Å²) in [5, 5.41) is 3.30. The molecule has 0 aliphatic heterocycles. The van der Waals surface area contributed by atoms with Crippen molar-refractivity contribution in [1.29, 1.82) is 0 Å². The van der Waals surface area contributed by atoms with Crippen molar-refractivity contribution in [3.8, 4) is 0 Å². The summed E-state index contributed by atoms with van der Waals surface area (Å²) in [4.78, 5) is 4.39. The zero-order valence-electron chi connectivity index (χ0n) is 10.9. The number of nitrogens with zero attached hydrogens (tertiary/aromatic N) is 1. The average molecular weight is 236 g/mol. The van der Waals surface area contributed by atoms with Gasteiger partial charge in [0.25, 0.3) is 0 Å². The van der Waals surface area contributed by atoms with E-state index in [1.165, 1.54) is 38.5 Å². The lowest BCUT2D eigenvalue weighted by Gasteiger charge is -2.09. The molecule has 1 aliphatic rings. The molecule has 0 aromatic carbocycles. The summed E-state index contributed by atoms with van der Waals surface area (Å²) >= 11 is 0. The Hall–Kier alpha value is -0.830. The minimum atomic E-state index is 0.623. The highest BCUT2D eigenvalue weighted by Gasteiger charge is 2.18. The van der Waals surface area contributed by atoms with Gasteiger partial charge < -0.3 is 9.73 Å². The number of nitrogens with one attached hydrogen (secondary N) is 1. The molecule has 0 atom stereocenters. The molecule has 2 rings (SSSR count). The number of oxazole rings is 1. The van der Waals surface area contributed by atoms with Crippen LogP contribution in [0.5, 0.6) is 0 Å². The smallest absolute Gasteiger partial charge is 0.195 e. The number of likely N-dealkylation sites (N-methyl/N-ethyl adjacent to an activating group) is 1. The topological polar surface area (TPSA) is 38.1 Å². The Labute approximate surface area is 104 Å². The molecule has 1 aromatic rings. The van der Waals surface area contributed by atoms with Crippen molar-refractivity contribution in [3.63, 3.8) is 0 Å². The molecule has 1 fully saturated rings.